The van der Waals surface area contributed by atoms with Crippen LogP contribution in [0.1, 0.15) is 17.7 Å². The van der Waals surface area contributed by atoms with Crippen LogP contribution >= 0.6 is 22.9 Å². The summed E-state index contributed by atoms with van der Waals surface area (Å²) in [6, 6.07) is 9.96. The normalized spacial score (nSPS) is 28.2. The average molecular weight is 370 g/mol. The summed E-state index contributed by atoms with van der Waals surface area (Å²) >= 11 is 7.50. The molecule has 126 valence electrons. The molecule has 3 unspecified atom stereocenters. The molecule has 3 rings (SSSR count). The van der Waals surface area contributed by atoms with E-state index in [0.29, 0.717) is 23.0 Å². The average Bonchev–Trinajstić information content (AvgIpc) is 3.06. The zero-order valence-corrected chi connectivity index (χ0v) is 15.2. The number of nitriles is 3. The van der Waals surface area contributed by atoms with Crippen molar-refractivity contribution in [3.63, 3.8) is 0 Å². The van der Waals surface area contributed by atoms with E-state index in [-0.39, 0.29) is 17.5 Å². The molecule has 5 nitrogen and oxygen atoms in total. The number of hydrogen-bond donors (Lipinski definition) is 1. The minimum absolute atomic E-state index is 0.109. The van der Waals surface area contributed by atoms with Gasteiger partial charge in [0.15, 0.2) is 0 Å². The van der Waals surface area contributed by atoms with Gasteiger partial charge in [0, 0.05) is 29.8 Å². The summed E-state index contributed by atoms with van der Waals surface area (Å²) in [5, 5.41) is 37.8. The highest BCUT2D eigenvalue weighted by atomic mass is 35.5. The SMILES string of the molecule is CCN1CC=C2C(C1)C(c1ccc(Cl)s1)C(C#N)C(=N)C2(C#N)C#N. The largest absolute Gasteiger partial charge is 0.305 e. The van der Waals surface area contributed by atoms with Crippen molar-refractivity contribution in [2.75, 3.05) is 19.6 Å². The second-order valence-corrected chi connectivity index (χ2v) is 8.03. The van der Waals surface area contributed by atoms with E-state index in [1.807, 2.05) is 24.3 Å². The molecule has 2 heterocycles. The molecule has 1 N–H and O–H groups in total. The first-order chi connectivity index (χ1) is 12.0. The van der Waals surface area contributed by atoms with Crippen LogP contribution in [0.25, 0.3) is 0 Å². The van der Waals surface area contributed by atoms with Gasteiger partial charge in [-0.2, -0.15) is 15.8 Å². The molecule has 3 atom stereocenters. The Morgan fingerprint density at radius 2 is 2.08 bits per heavy atom. The summed E-state index contributed by atoms with van der Waals surface area (Å²) in [6.45, 7) is 4.22. The highest BCUT2D eigenvalue weighted by Gasteiger charge is 2.56. The Labute approximate surface area is 155 Å². The summed E-state index contributed by atoms with van der Waals surface area (Å²) in [5.41, 5.74) is -1.07. The lowest BCUT2D eigenvalue weighted by Gasteiger charge is -2.46. The lowest BCUT2D eigenvalue weighted by molar-refractivity contribution is 0.219. The number of hydrogen-bond acceptors (Lipinski definition) is 6. The monoisotopic (exact) mass is 369 g/mol. The number of thiophene rings is 1. The minimum atomic E-state index is -1.64. The molecule has 1 aliphatic heterocycles. The summed E-state index contributed by atoms with van der Waals surface area (Å²) in [5.74, 6) is -1.22. The lowest BCUT2D eigenvalue weighted by Crippen LogP contribution is -2.52. The number of fused-ring (bicyclic) bond motifs is 1. The summed E-state index contributed by atoms with van der Waals surface area (Å²) in [6.07, 6.45) is 1.91. The van der Waals surface area contributed by atoms with Crippen LogP contribution in [-0.2, 0) is 0 Å². The van der Waals surface area contributed by atoms with Gasteiger partial charge in [0.2, 0.25) is 5.41 Å². The van der Waals surface area contributed by atoms with Crippen molar-refractivity contribution in [3.05, 3.63) is 33.0 Å². The number of nitrogens with one attached hydrogen (secondary N) is 1. The first kappa shape index (κ1) is 17.6. The van der Waals surface area contributed by atoms with Gasteiger partial charge in [-0.1, -0.05) is 24.6 Å². The molecule has 0 aromatic carbocycles. The zero-order valence-electron chi connectivity index (χ0n) is 13.7. The van der Waals surface area contributed by atoms with Crippen LogP contribution < -0.4 is 0 Å². The van der Waals surface area contributed by atoms with Gasteiger partial charge in [0.05, 0.1) is 34.2 Å². The van der Waals surface area contributed by atoms with E-state index >= 15 is 0 Å². The third-order valence-electron chi connectivity index (χ3n) is 5.21. The van der Waals surface area contributed by atoms with Gasteiger partial charge < -0.3 is 5.41 Å². The summed E-state index contributed by atoms with van der Waals surface area (Å²) in [7, 11) is 0. The molecular formula is C18H16ClN5S. The zero-order chi connectivity index (χ0) is 18.2. The first-order valence-corrected chi connectivity index (χ1v) is 9.21. The Kier molecular flexibility index (Phi) is 4.67. The maximum absolute atomic E-state index is 9.77. The summed E-state index contributed by atoms with van der Waals surface area (Å²) in [4.78, 5) is 3.15. The number of rotatable bonds is 2. The second-order valence-electron chi connectivity index (χ2n) is 6.28. The molecule has 1 aromatic heterocycles. The quantitative estimate of drug-likeness (QED) is 0.805. The van der Waals surface area contributed by atoms with Crippen molar-refractivity contribution in [2.24, 2.45) is 17.3 Å². The van der Waals surface area contributed by atoms with Crippen LogP contribution in [0.2, 0.25) is 4.34 Å². The Balaban J connectivity index is 2.21. The molecular weight excluding hydrogens is 354 g/mol. The molecule has 1 fully saturated rings. The molecule has 0 amide bonds. The number of halogens is 1. The van der Waals surface area contributed by atoms with E-state index in [1.54, 1.807) is 6.07 Å². The smallest absolute Gasteiger partial charge is 0.203 e. The Morgan fingerprint density at radius 3 is 2.60 bits per heavy atom. The van der Waals surface area contributed by atoms with Crippen LogP contribution in [0, 0.1) is 56.7 Å². The standard InChI is InChI=1S/C18H16ClN5S/c1-2-24-6-5-13-12(8-24)16(14-3-4-15(19)25-14)11(7-20)17(23)18(13,9-21)10-22/h3-5,11-12,16,23H,2,6,8H2,1H3. The van der Waals surface area contributed by atoms with Crippen LogP contribution in [0.4, 0.5) is 0 Å². The highest BCUT2D eigenvalue weighted by Crippen LogP contribution is 2.53. The van der Waals surface area contributed by atoms with E-state index in [2.05, 4.69) is 17.9 Å². The predicted molar refractivity (Wildman–Crippen MR) is 96.2 cm³/mol. The Hall–Kier alpha value is -2.17. The van der Waals surface area contributed by atoms with E-state index in [4.69, 9.17) is 17.0 Å². The van der Waals surface area contributed by atoms with E-state index in [1.165, 1.54) is 11.3 Å². The van der Waals surface area contributed by atoms with Crippen molar-refractivity contribution in [2.45, 2.75) is 12.8 Å². The molecule has 2 aliphatic rings. The lowest BCUT2D eigenvalue weighted by atomic mass is 9.56. The molecule has 7 heteroatoms. The number of likely N-dealkylation sites (N-methyl/N-ethyl adjacent to an activating group) is 1. The predicted octanol–water partition coefficient (Wildman–Crippen LogP) is 3.57. The third-order valence-corrected chi connectivity index (χ3v) is 6.54. The fourth-order valence-corrected chi connectivity index (χ4v) is 5.18. The van der Waals surface area contributed by atoms with E-state index in [0.717, 1.165) is 11.4 Å². The molecule has 1 aromatic rings. The molecule has 1 aliphatic carbocycles. The van der Waals surface area contributed by atoms with Gasteiger partial charge in [0.1, 0.15) is 0 Å². The molecule has 0 bridgehead atoms. The van der Waals surface area contributed by atoms with Crippen LogP contribution in [0.3, 0.4) is 0 Å². The van der Waals surface area contributed by atoms with E-state index < -0.39 is 11.3 Å². The maximum atomic E-state index is 9.77. The molecule has 25 heavy (non-hydrogen) atoms. The number of nitrogens with zero attached hydrogens (tertiary/aromatic N) is 4. The van der Waals surface area contributed by atoms with Crippen molar-refractivity contribution in [3.8, 4) is 18.2 Å². The molecule has 0 radical (unpaired) electrons. The fraction of sp³-hybridized carbons (Fsp3) is 0.444. The van der Waals surface area contributed by atoms with E-state index in [9.17, 15) is 15.8 Å². The van der Waals surface area contributed by atoms with Gasteiger partial charge in [-0.25, -0.2) is 0 Å². The molecule has 0 spiro atoms. The van der Waals surface area contributed by atoms with Gasteiger partial charge in [0.25, 0.3) is 0 Å². The second kappa shape index (κ2) is 6.62. The highest BCUT2D eigenvalue weighted by molar-refractivity contribution is 7.16. The van der Waals surface area contributed by atoms with Crippen molar-refractivity contribution in [1.29, 1.82) is 21.2 Å². The molecule has 0 saturated heterocycles. The Bertz CT molecular complexity index is 851. The topological polar surface area (TPSA) is 98.5 Å². The Morgan fingerprint density at radius 1 is 1.36 bits per heavy atom. The minimum Gasteiger partial charge on any atom is -0.305 e. The van der Waals surface area contributed by atoms with Gasteiger partial charge >= 0.3 is 0 Å². The maximum Gasteiger partial charge on any atom is 0.203 e. The van der Waals surface area contributed by atoms with Gasteiger partial charge in [-0.15, -0.1) is 11.3 Å². The van der Waals surface area contributed by atoms with Crippen LogP contribution in [0.5, 0.6) is 0 Å². The molecule has 1 saturated carbocycles. The third kappa shape index (κ3) is 2.57. The van der Waals surface area contributed by atoms with Crippen molar-refractivity contribution < 1.29 is 0 Å². The fourth-order valence-electron chi connectivity index (χ4n) is 3.92. The van der Waals surface area contributed by atoms with Crippen LogP contribution in [0.15, 0.2) is 23.8 Å². The van der Waals surface area contributed by atoms with Gasteiger partial charge in [-0.05, 0) is 24.3 Å². The van der Waals surface area contributed by atoms with Gasteiger partial charge in [-0.3, -0.25) is 4.90 Å². The van der Waals surface area contributed by atoms with Crippen molar-refractivity contribution >= 4 is 28.6 Å². The summed E-state index contributed by atoms with van der Waals surface area (Å²) < 4.78 is 0.629. The first-order valence-electron chi connectivity index (χ1n) is 8.01. The van der Waals surface area contributed by atoms with Crippen molar-refractivity contribution in [1.82, 2.24) is 4.90 Å². The van der Waals surface area contributed by atoms with Crippen LogP contribution in [-0.4, -0.2) is 30.2 Å².